The maximum atomic E-state index is 12.2. The van der Waals surface area contributed by atoms with Crippen LogP contribution < -0.4 is 16.4 Å². The molecule has 0 aliphatic rings. The van der Waals surface area contributed by atoms with E-state index < -0.39 is 12.1 Å². The molecule has 0 aromatic heterocycles. The zero-order valence-electron chi connectivity index (χ0n) is 12.9. The predicted molar refractivity (Wildman–Crippen MR) is 83.8 cm³/mol. The second kappa shape index (κ2) is 8.29. The number of urea groups is 1. The maximum absolute atomic E-state index is 12.2. The van der Waals surface area contributed by atoms with Gasteiger partial charge in [0.15, 0.2) is 0 Å². The second-order valence-electron chi connectivity index (χ2n) is 5.43. The Labute approximate surface area is 126 Å². The second-order valence-corrected chi connectivity index (χ2v) is 5.43. The van der Waals surface area contributed by atoms with Gasteiger partial charge in [0.05, 0.1) is 0 Å². The highest BCUT2D eigenvalue weighted by atomic mass is 16.2. The topological polar surface area (TPSA) is 84.2 Å². The Morgan fingerprint density at radius 2 is 1.81 bits per heavy atom. The van der Waals surface area contributed by atoms with Crippen LogP contribution in [0, 0.1) is 5.92 Å². The predicted octanol–water partition coefficient (Wildman–Crippen LogP) is 1.99. The fourth-order valence-electron chi connectivity index (χ4n) is 2.12. The van der Waals surface area contributed by atoms with Crippen molar-refractivity contribution in [2.45, 2.75) is 39.2 Å². The molecule has 0 unspecified atom stereocenters. The molecule has 0 aliphatic carbocycles. The van der Waals surface area contributed by atoms with Crippen molar-refractivity contribution in [3.63, 3.8) is 0 Å². The molecule has 1 aromatic rings. The minimum atomic E-state index is -0.674. The molecule has 0 aliphatic heterocycles. The molecule has 3 atom stereocenters. The highest BCUT2D eigenvalue weighted by Crippen LogP contribution is 2.14. The first-order valence-electron chi connectivity index (χ1n) is 7.34. The van der Waals surface area contributed by atoms with Crippen LogP contribution in [0.1, 0.15) is 38.7 Å². The van der Waals surface area contributed by atoms with E-state index in [1.807, 2.05) is 44.2 Å². The van der Waals surface area contributed by atoms with Gasteiger partial charge >= 0.3 is 6.03 Å². The van der Waals surface area contributed by atoms with Crippen molar-refractivity contribution in [3.8, 4) is 0 Å². The first-order chi connectivity index (χ1) is 9.95. The largest absolute Gasteiger partial charge is 0.354 e. The van der Waals surface area contributed by atoms with Gasteiger partial charge in [0.25, 0.3) is 0 Å². The summed E-state index contributed by atoms with van der Waals surface area (Å²) in [7, 11) is 0. The minimum Gasteiger partial charge on any atom is -0.354 e. The van der Waals surface area contributed by atoms with Gasteiger partial charge in [-0.25, -0.2) is 4.79 Å². The molecule has 3 amide bonds. The third-order valence-electron chi connectivity index (χ3n) is 3.74. The summed E-state index contributed by atoms with van der Waals surface area (Å²) < 4.78 is 0. The van der Waals surface area contributed by atoms with Gasteiger partial charge in [-0.2, -0.15) is 0 Å². The van der Waals surface area contributed by atoms with Crippen molar-refractivity contribution < 1.29 is 9.59 Å². The Morgan fingerprint density at radius 3 is 2.33 bits per heavy atom. The SMILES string of the molecule is CC[C@H](C)[C@@H](NC(N)=O)C(=O)NC[C@H](C)c1ccccc1. The summed E-state index contributed by atoms with van der Waals surface area (Å²) in [6.45, 7) is 6.46. The van der Waals surface area contributed by atoms with Crippen molar-refractivity contribution >= 4 is 11.9 Å². The fraction of sp³-hybridized carbons (Fsp3) is 0.500. The number of amides is 3. The van der Waals surface area contributed by atoms with Crippen LogP contribution in [0.15, 0.2) is 30.3 Å². The molecule has 0 bridgehead atoms. The number of hydrogen-bond acceptors (Lipinski definition) is 2. The molecule has 0 fully saturated rings. The third-order valence-corrected chi connectivity index (χ3v) is 3.74. The Balaban J connectivity index is 2.59. The highest BCUT2D eigenvalue weighted by molar-refractivity contribution is 5.86. The van der Waals surface area contributed by atoms with E-state index >= 15 is 0 Å². The van der Waals surface area contributed by atoms with E-state index in [1.54, 1.807) is 0 Å². The van der Waals surface area contributed by atoms with Crippen LogP contribution in [0.3, 0.4) is 0 Å². The van der Waals surface area contributed by atoms with Gasteiger partial charge in [0, 0.05) is 6.54 Å². The van der Waals surface area contributed by atoms with Gasteiger partial charge < -0.3 is 16.4 Å². The van der Waals surface area contributed by atoms with Crippen LogP contribution in [0.5, 0.6) is 0 Å². The monoisotopic (exact) mass is 291 g/mol. The van der Waals surface area contributed by atoms with Gasteiger partial charge in [-0.05, 0) is 17.4 Å². The Bertz CT molecular complexity index is 462. The lowest BCUT2D eigenvalue weighted by Crippen LogP contribution is -2.52. The van der Waals surface area contributed by atoms with E-state index in [9.17, 15) is 9.59 Å². The normalized spacial score (nSPS) is 14.8. The van der Waals surface area contributed by atoms with E-state index in [2.05, 4.69) is 17.6 Å². The molecule has 4 N–H and O–H groups in total. The number of primary amides is 1. The zero-order chi connectivity index (χ0) is 15.8. The quantitative estimate of drug-likeness (QED) is 0.717. The van der Waals surface area contributed by atoms with Crippen LogP contribution in [0.4, 0.5) is 4.79 Å². The molecule has 0 saturated heterocycles. The van der Waals surface area contributed by atoms with Gasteiger partial charge in [-0.15, -0.1) is 0 Å². The van der Waals surface area contributed by atoms with Crippen LogP contribution in [0.2, 0.25) is 0 Å². The molecule has 116 valence electrons. The number of carbonyl (C=O) groups is 2. The van der Waals surface area contributed by atoms with Crippen molar-refractivity contribution in [1.29, 1.82) is 0 Å². The number of hydrogen-bond donors (Lipinski definition) is 3. The van der Waals surface area contributed by atoms with E-state index in [-0.39, 0.29) is 17.7 Å². The van der Waals surface area contributed by atoms with E-state index in [0.29, 0.717) is 6.54 Å². The molecule has 5 nitrogen and oxygen atoms in total. The summed E-state index contributed by atoms with van der Waals surface area (Å²) in [5.41, 5.74) is 6.31. The van der Waals surface area contributed by atoms with Crippen molar-refractivity contribution in [2.75, 3.05) is 6.54 Å². The molecule has 21 heavy (non-hydrogen) atoms. The molecule has 1 aromatic carbocycles. The average molecular weight is 291 g/mol. The molecule has 0 spiro atoms. The fourth-order valence-corrected chi connectivity index (χ4v) is 2.12. The van der Waals surface area contributed by atoms with Gasteiger partial charge in [-0.1, -0.05) is 57.5 Å². The van der Waals surface area contributed by atoms with Crippen LogP contribution >= 0.6 is 0 Å². The Morgan fingerprint density at radius 1 is 1.19 bits per heavy atom. The lowest BCUT2D eigenvalue weighted by Gasteiger charge is -2.23. The minimum absolute atomic E-state index is 0.0320. The molecule has 1 rings (SSSR count). The molecule has 0 heterocycles. The van der Waals surface area contributed by atoms with Crippen LogP contribution in [-0.4, -0.2) is 24.5 Å². The molecule has 0 saturated carbocycles. The average Bonchev–Trinajstić information content (AvgIpc) is 2.49. The molecule has 5 heteroatoms. The Hall–Kier alpha value is -2.04. The maximum Gasteiger partial charge on any atom is 0.312 e. The number of benzene rings is 1. The smallest absolute Gasteiger partial charge is 0.312 e. The van der Waals surface area contributed by atoms with Crippen LogP contribution in [-0.2, 0) is 4.79 Å². The zero-order valence-corrected chi connectivity index (χ0v) is 12.9. The molecule has 0 radical (unpaired) electrons. The van der Waals surface area contributed by atoms with Crippen molar-refractivity contribution in [1.82, 2.24) is 10.6 Å². The third kappa shape index (κ3) is 5.45. The molecular weight excluding hydrogens is 266 g/mol. The number of rotatable bonds is 7. The standard InChI is InChI=1S/C16H25N3O2/c1-4-11(2)14(19-16(17)21)15(20)18-10-12(3)13-8-6-5-7-9-13/h5-9,11-12,14H,4,10H2,1-3H3,(H,18,20)(H3,17,19,21)/t11-,12-,14+/m0/s1. The number of nitrogens with one attached hydrogen (secondary N) is 2. The highest BCUT2D eigenvalue weighted by Gasteiger charge is 2.25. The lowest BCUT2D eigenvalue weighted by atomic mass is 9.97. The Kier molecular flexibility index (Phi) is 6.72. The van der Waals surface area contributed by atoms with E-state index in [4.69, 9.17) is 5.73 Å². The summed E-state index contributed by atoms with van der Waals surface area (Å²) in [5.74, 6) is 0.0526. The van der Waals surface area contributed by atoms with Gasteiger partial charge in [0.2, 0.25) is 5.91 Å². The van der Waals surface area contributed by atoms with Crippen molar-refractivity contribution in [2.24, 2.45) is 11.7 Å². The summed E-state index contributed by atoms with van der Waals surface area (Å²) in [4.78, 5) is 23.3. The van der Waals surface area contributed by atoms with E-state index in [1.165, 1.54) is 5.56 Å². The molecular formula is C16H25N3O2. The number of carbonyl (C=O) groups excluding carboxylic acids is 2. The first kappa shape index (κ1) is 17.0. The van der Waals surface area contributed by atoms with Gasteiger partial charge in [-0.3, -0.25) is 4.79 Å². The number of nitrogens with two attached hydrogens (primary N) is 1. The van der Waals surface area contributed by atoms with Gasteiger partial charge in [0.1, 0.15) is 6.04 Å². The van der Waals surface area contributed by atoms with Crippen LogP contribution in [0.25, 0.3) is 0 Å². The summed E-state index contributed by atoms with van der Waals surface area (Å²) >= 11 is 0. The summed E-state index contributed by atoms with van der Waals surface area (Å²) in [6, 6.07) is 8.72. The van der Waals surface area contributed by atoms with Crippen molar-refractivity contribution in [3.05, 3.63) is 35.9 Å². The summed E-state index contributed by atoms with van der Waals surface area (Å²) in [6.07, 6.45) is 0.784. The first-order valence-corrected chi connectivity index (χ1v) is 7.34. The van der Waals surface area contributed by atoms with E-state index in [0.717, 1.165) is 6.42 Å². The summed E-state index contributed by atoms with van der Waals surface area (Å²) in [5, 5.41) is 5.41. The lowest BCUT2D eigenvalue weighted by molar-refractivity contribution is -0.124.